The van der Waals surface area contributed by atoms with Gasteiger partial charge in [0.1, 0.15) is 5.82 Å². The highest BCUT2D eigenvalue weighted by Crippen LogP contribution is 2.35. The van der Waals surface area contributed by atoms with Crippen molar-refractivity contribution in [2.24, 2.45) is 5.92 Å². The lowest BCUT2D eigenvalue weighted by molar-refractivity contribution is 0.0888. The monoisotopic (exact) mass is 337 g/mol. The fraction of sp³-hybridized carbons (Fsp3) is 0.316. The third-order valence-electron chi connectivity index (χ3n) is 5.02. The SMILES string of the molecule is COC(=O)n1c2c(c3ccccc31)C(=O)C(Cn1ccnc1C)CC2. The molecule has 0 N–H and O–H groups in total. The minimum Gasteiger partial charge on any atom is -0.452 e. The average Bonchev–Trinajstić information content (AvgIpc) is 3.18. The first-order valence-electron chi connectivity index (χ1n) is 8.34. The summed E-state index contributed by atoms with van der Waals surface area (Å²) in [7, 11) is 1.36. The summed E-state index contributed by atoms with van der Waals surface area (Å²) in [6, 6.07) is 7.51. The van der Waals surface area contributed by atoms with Crippen LogP contribution in [-0.2, 0) is 17.7 Å². The molecule has 2 heterocycles. The molecule has 0 amide bonds. The maximum atomic E-state index is 13.2. The fourth-order valence-corrected chi connectivity index (χ4v) is 3.76. The van der Waals surface area contributed by atoms with E-state index in [4.69, 9.17) is 4.74 Å². The van der Waals surface area contributed by atoms with E-state index in [-0.39, 0.29) is 11.7 Å². The zero-order valence-electron chi connectivity index (χ0n) is 14.2. The molecule has 25 heavy (non-hydrogen) atoms. The van der Waals surface area contributed by atoms with E-state index in [2.05, 4.69) is 4.98 Å². The van der Waals surface area contributed by atoms with Crippen LogP contribution in [0.15, 0.2) is 36.7 Å². The van der Waals surface area contributed by atoms with Gasteiger partial charge in [-0.3, -0.25) is 4.79 Å². The van der Waals surface area contributed by atoms with E-state index in [9.17, 15) is 9.59 Å². The Morgan fingerprint density at radius 1 is 1.36 bits per heavy atom. The van der Waals surface area contributed by atoms with Crippen LogP contribution in [0.3, 0.4) is 0 Å². The number of nitrogens with zero attached hydrogens (tertiary/aromatic N) is 3. The van der Waals surface area contributed by atoms with Crippen LogP contribution >= 0.6 is 0 Å². The molecule has 0 spiro atoms. The Hall–Kier alpha value is -2.89. The first kappa shape index (κ1) is 15.6. The topological polar surface area (TPSA) is 66.1 Å². The third kappa shape index (κ3) is 2.36. The second-order valence-corrected chi connectivity index (χ2v) is 6.37. The smallest absolute Gasteiger partial charge is 0.418 e. The number of rotatable bonds is 2. The predicted molar refractivity (Wildman–Crippen MR) is 92.8 cm³/mol. The highest BCUT2D eigenvalue weighted by atomic mass is 16.5. The highest BCUT2D eigenvalue weighted by Gasteiger charge is 2.34. The summed E-state index contributed by atoms with van der Waals surface area (Å²) in [5, 5.41) is 0.819. The van der Waals surface area contributed by atoms with Crippen molar-refractivity contribution in [3.8, 4) is 0 Å². The molecule has 0 saturated carbocycles. The van der Waals surface area contributed by atoms with Gasteiger partial charge in [-0.1, -0.05) is 18.2 Å². The largest absolute Gasteiger partial charge is 0.452 e. The van der Waals surface area contributed by atoms with Gasteiger partial charge in [-0.05, 0) is 25.8 Å². The normalized spacial score (nSPS) is 16.9. The number of carbonyl (C=O) groups is 2. The molecule has 0 aliphatic heterocycles. The Balaban J connectivity index is 1.81. The standard InChI is InChI=1S/C19H19N3O3/c1-12-20-9-10-21(12)11-13-7-8-16-17(18(13)23)14-5-3-4-6-15(14)22(16)19(24)25-2/h3-6,9-10,13H,7-8,11H2,1-2H3. The van der Waals surface area contributed by atoms with Crippen molar-refractivity contribution in [3.05, 3.63) is 53.7 Å². The lowest BCUT2D eigenvalue weighted by Crippen LogP contribution is -2.28. The Labute approximate surface area is 145 Å². The predicted octanol–water partition coefficient (Wildman–Crippen LogP) is 3.21. The summed E-state index contributed by atoms with van der Waals surface area (Å²) in [6.45, 7) is 2.55. The summed E-state index contributed by atoms with van der Waals surface area (Å²) in [5.74, 6) is 0.876. The van der Waals surface area contributed by atoms with Crippen molar-refractivity contribution in [1.82, 2.24) is 14.1 Å². The van der Waals surface area contributed by atoms with E-state index < -0.39 is 6.09 Å². The Bertz CT molecular complexity index is 983. The molecule has 1 unspecified atom stereocenters. The van der Waals surface area contributed by atoms with Gasteiger partial charge < -0.3 is 9.30 Å². The van der Waals surface area contributed by atoms with Gasteiger partial charge in [-0.25, -0.2) is 14.3 Å². The second kappa shape index (κ2) is 5.88. The minimum absolute atomic E-state index is 0.0909. The van der Waals surface area contributed by atoms with Crippen LogP contribution in [0.5, 0.6) is 0 Å². The maximum absolute atomic E-state index is 13.2. The molecule has 1 aromatic carbocycles. The van der Waals surface area contributed by atoms with Gasteiger partial charge >= 0.3 is 6.09 Å². The van der Waals surface area contributed by atoms with Gasteiger partial charge in [-0.15, -0.1) is 0 Å². The van der Waals surface area contributed by atoms with Crippen LogP contribution in [0, 0.1) is 12.8 Å². The number of Topliss-reactive ketones (excluding diaryl/α,β-unsaturated/α-hetero) is 1. The molecule has 1 atom stereocenters. The van der Waals surface area contributed by atoms with E-state index in [1.54, 1.807) is 10.8 Å². The Kier molecular flexibility index (Phi) is 3.67. The molecule has 0 bridgehead atoms. The molecule has 4 rings (SSSR count). The van der Waals surface area contributed by atoms with Gasteiger partial charge in [0.25, 0.3) is 0 Å². The van der Waals surface area contributed by atoms with Crippen molar-refractivity contribution in [2.75, 3.05) is 7.11 Å². The molecule has 0 fully saturated rings. The summed E-state index contributed by atoms with van der Waals surface area (Å²) >= 11 is 0. The number of ketones is 1. The van der Waals surface area contributed by atoms with Crippen LogP contribution < -0.4 is 0 Å². The number of aromatic nitrogens is 3. The van der Waals surface area contributed by atoms with E-state index in [1.807, 2.05) is 42.0 Å². The molecule has 0 radical (unpaired) electrons. The van der Waals surface area contributed by atoms with Crippen LogP contribution in [-0.4, -0.2) is 33.1 Å². The third-order valence-corrected chi connectivity index (χ3v) is 5.02. The van der Waals surface area contributed by atoms with Gasteiger partial charge in [-0.2, -0.15) is 0 Å². The molecular formula is C19H19N3O3. The minimum atomic E-state index is -0.450. The van der Waals surface area contributed by atoms with Crippen molar-refractivity contribution in [2.45, 2.75) is 26.3 Å². The number of hydrogen-bond acceptors (Lipinski definition) is 4. The quantitative estimate of drug-likeness (QED) is 0.720. The van der Waals surface area contributed by atoms with Crippen LogP contribution in [0.25, 0.3) is 10.9 Å². The number of para-hydroxylation sites is 1. The first-order valence-corrected chi connectivity index (χ1v) is 8.34. The summed E-state index contributed by atoms with van der Waals surface area (Å²) < 4.78 is 8.48. The molecule has 3 aromatic rings. The van der Waals surface area contributed by atoms with Crippen molar-refractivity contribution in [3.63, 3.8) is 0 Å². The van der Waals surface area contributed by atoms with E-state index in [1.165, 1.54) is 7.11 Å². The summed E-state index contributed by atoms with van der Waals surface area (Å²) in [6.07, 6.45) is 4.57. The molecule has 128 valence electrons. The summed E-state index contributed by atoms with van der Waals surface area (Å²) in [4.78, 5) is 29.7. The fourth-order valence-electron chi connectivity index (χ4n) is 3.76. The van der Waals surface area contributed by atoms with Crippen LogP contribution in [0.4, 0.5) is 4.79 Å². The van der Waals surface area contributed by atoms with E-state index in [0.717, 1.165) is 22.4 Å². The first-order chi connectivity index (χ1) is 12.1. The van der Waals surface area contributed by atoms with Gasteiger partial charge in [0.2, 0.25) is 0 Å². The average molecular weight is 337 g/mol. The molecule has 0 saturated heterocycles. The van der Waals surface area contributed by atoms with Crippen LogP contribution in [0.2, 0.25) is 0 Å². The zero-order valence-corrected chi connectivity index (χ0v) is 14.2. The van der Waals surface area contributed by atoms with Crippen LogP contribution in [0.1, 0.15) is 28.3 Å². The number of benzene rings is 1. The molecular weight excluding hydrogens is 318 g/mol. The van der Waals surface area contributed by atoms with Gasteiger partial charge in [0.15, 0.2) is 5.78 Å². The summed E-state index contributed by atoms with van der Waals surface area (Å²) in [5.41, 5.74) is 2.15. The lowest BCUT2D eigenvalue weighted by Gasteiger charge is -2.23. The van der Waals surface area contributed by atoms with Crippen molar-refractivity contribution >= 4 is 22.8 Å². The molecule has 6 heteroatoms. The molecule has 1 aliphatic carbocycles. The van der Waals surface area contributed by atoms with Gasteiger partial charge in [0.05, 0.1) is 12.6 Å². The maximum Gasteiger partial charge on any atom is 0.418 e. The highest BCUT2D eigenvalue weighted by molar-refractivity contribution is 6.13. The van der Waals surface area contributed by atoms with E-state index >= 15 is 0 Å². The Morgan fingerprint density at radius 2 is 2.16 bits per heavy atom. The number of carbonyl (C=O) groups excluding carboxylic acids is 2. The number of methoxy groups -OCH3 is 1. The Morgan fingerprint density at radius 3 is 2.88 bits per heavy atom. The number of aryl methyl sites for hydroxylation is 1. The number of fused-ring (bicyclic) bond motifs is 3. The molecule has 2 aromatic heterocycles. The van der Waals surface area contributed by atoms with E-state index in [0.29, 0.717) is 24.9 Å². The van der Waals surface area contributed by atoms with Crippen molar-refractivity contribution < 1.29 is 14.3 Å². The molecule has 6 nitrogen and oxygen atoms in total. The number of ether oxygens (including phenoxy) is 1. The number of imidazole rings is 1. The lowest BCUT2D eigenvalue weighted by atomic mass is 9.85. The molecule has 1 aliphatic rings. The number of hydrogen-bond donors (Lipinski definition) is 0. The second-order valence-electron chi connectivity index (χ2n) is 6.37. The van der Waals surface area contributed by atoms with Crippen molar-refractivity contribution in [1.29, 1.82) is 0 Å². The van der Waals surface area contributed by atoms with Gasteiger partial charge in [0, 0.05) is 41.5 Å². The zero-order chi connectivity index (χ0) is 17.6.